The molecule has 0 atom stereocenters. The van der Waals surface area contributed by atoms with Crippen LogP contribution in [0.5, 0.6) is 0 Å². The number of aromatic nitrogens is 5. The summed E-state index contributed by atoms with van der Waals surface area (Å²) in [6.07, 6.45) is 4.97. The summed E-state index contributed by atoms with van der Waals surface area (Å²) in [6, 6.07) is 10.1. The molecule has 8 nitrogen and oxygen atoms in total. The van der Waals surface area contributed by atoms with E-state index in [9.17, 15) is 9.59 Å². The van der Waals surface area contributed by atoms with Crippen LogP contribution in [0.4, 0.5) is 0 Å². The van der Waals surface area contributed by atoms with Gasteiger partial charge >= 0.3 is 0 Å². The Morgan fingerprint density at radius 2 is 2.04 bits per heavy atom. The third-order valence-corrected chi connectivity index (χ3v) is 3.08. The second-order valence-electron chi connectivity index (χ2n) is 4.74. The molecule has 3 aromatic rings. The van der Waals surface area contributed by atoms with Crippen LogP contribution in [-0.2, 0) is 17.9 Å². The molecule has 8 heteroatoms. The first-order chi connectivity index (χ1) is 11.2. The van der Waals surface area contributed by atoms with Crippen molar-refractivity contribution in [3.63, 3.8) is 0 Å². The van der Waals surface area contributed by atoms with Gasteiger partial charge in [-0.05, 0) is 24.3 Å². The molecule has 0 aliphatic carbocycles. The first-order valence-corrected chi connectivity index (χ1v) is 6.97. The molecule has 0 aliphatic heterocycles. The number of carbonyl (C=O) groups is 1. The van der Waals surface area contributed by atoms with Crippen molar-refractivity contribution in [1.29, 1.82) is 0 Å². The van der Waals surface area contributed by atoms with Crippen LogP contribution in [0.25, 0.3) is 5.82 Å². The summed E-state index contributed by atoms with van der Waals surface area (Å²) in [5.74, 6) is 0.148. The van der Waals surface area contributed by atoms with Gasteiger partial charge in [-0.25, -0.2) is 9.36 Å². The normalized spacial score (nSPS) is 10.4. The van der Waals surface area contributed by atoms with Crippen molar-refractivity contribution in [2.75, 3.05) is 0 Å². The van der Waals surface area contributed by atoms with Gasteiger partial charge in [-0.2, -0.15) is 5.10 Å². The highest BCUT2D eigenvalue weighted by Crippen LogP contribution is 1.98. The zero-order valence-corrected chi connectivity index (χ0v) is 12.2. The van der Waals surface area contributed by atoms with E-state index < -0.39 is 0 Å². The number of amides is 1. The summed E-state index contributed by atoms with van der Waals surface area (Å²) in [7, 11) is 0. The van der Waals surface area contributed by atoms with Crippen LogP contribution in [0.15, 0.2) is 59.8 Å². The van der Waals surface area contributed by atoms with Gasteiger partial charge < -0.3 is 5.32 Å². The predicted octanol–water partition coefficient (Wildman–Crippen LogP) is 0.140. The van der Waals surface area contributed by atoms with Crippen LogP contribution in [0.2, 0.25) is 0 Å². The predicted molar refractivity (Wildman–Crippen MR) is 81.7 cm³/mol. The topological polar surface area (TPSA) is 94.7 Å². The van der Waals surface area contributed by atoms with Crippen molar-refractivity contribution in [3.05, 3.63) is 71.0 Å². The Morgan fingerprint density at radius 3 is 2.78 bits per heavy atom. The third-order valence-electron chi connectivity index (χ3n) is 3.08. The minimum absolute atomic E-state index is 0.166. The van der Waals surface area contributed by atoms with E-state index in [2.05, 4.69) is 20.5 Å². The lowest BCUT2D eigenvalue weighted by Crippen LogP contribution is -2.33. The Morgan fingerprint density at radius 1 is 1.13 bits per heavy atom. The van der Waals surface area contributed by atoms with E-state index in [0.29, 0.717) is 12.4 Å². The minimum atomic E-state index is -0.353. The van der Waals surface area contributed by atoms with Crippen molar-refractivity contribution < 1.29 is 4.79 Å². The molecule has 0 saturated heterocycles. The number of carbonyl (C=O) groups excluding carboxylic acids is 1. The molecule has 3 rings (SSSR count). The molecule has 3 heterocycles. The van der Waals surface area contributed by atoms with Gasteiger partial charge in [-0.3, -0.25) is 14.6 Å². The average Bonchev–Trinajstić information content (AvgIpc) is 3.10. The second-order valence-corrected chi connectivity index (χ2v) is 4.74. The van der Waals surface area contributed by atoms with Crippen LogP contribution in [0, 0.1) is 0 Å². The molecule has 1 N–H and O–H groups in total. The number of hydrogen-bond acceptors (Lipinski definition) is 5. The molecular weight excluding hydrogens is 296 g/mol. The molecule has 0 aromatic carbocycles. The highest BCUT2D eigenvalue weighted by atomic mass is 16.2. The molecule has 3 aromatic heterocycles. The number of pyridine rings is 1. The monoisotopic (exact) mass is 310 g/mol. The first-order valence-electron chi connectivity index (χ1n) is 6.97. The SMILES string of the molecule is O=C(Cn1nc(-n2cccn2)ccc1=O)NCc1ccccn1. The van der Waals surface area contributed by atoms with E-state index >= 15 is 0 Å². The quantitative estimate of drug-likeness (QED) is 0.723. The van der Waals surface area contributed by atoms with Gasteiger partial charge in [0.2, 0.25) is 5.91 Å². The molecule has 116 valence electrons. The van der Waals surface area contributed by atoms with Crippen LogP contribution >= 0.6 is 0 Å². The third kappa shape index (κ3) is 3.67. The molecule has 0 fully saturated rings. The van der Waals surface area contributed by atoms with E-state index in [1.807, 2.05) is 12.1 Å². The van der Waals surface area contributed by atoms with E-state index in [4.69, 9.17) is 0 Å². The zero-order chi connectivity index (χ0) is 16.1. The van der Waals surface area contributed by atoms with E-state index in [1.165, 1.54) is 10.7 Å². The fourth-order valence-electron chi connectivity index (χ4n) is 1.96. The lowest BCUT2D eigenvalue weighted by Gasteiger charge is -2.08. The zero-order valence-electron chi connectivity index (χ0n) is 12.2. The van der Waals surface area contributed by atoms with Crippen LogP contribution < -0.4 is 10.9 Å². The smallest absolute Gasteiger partial charge is 0.267 e. The second kappa shape index (κ2) is 6.65. The molecule has 23 heavy (non-hydrogen) atoms. The Balaban J connectivity index is 1.68. The van der Waals surface area contributed by atoms with Crippen LogP contribution in [0.3, 0.4) is 0 Å². The van der Waals surface area contributed by atoms with Gasteiger partial charge in [0.1, 0.15) is 6.54 Å². The number of nitrogens with one attached hydrogen (secondary N) is 1. The molecular formula is C15H14N6O2. The fraction of sp³-hybridized carbons (Fsp3) is 0.133. The van der Waals surface area contributed by atoms with Gasteiger partial charge in [0.05, 0.1) is 12.2 Å². The van der Waals surface area contributed by atoms with Gasteiger partial charge in [0, 0.05) is 24.7 Å². The maximum absolute atomic E-state index is 12.0. The lowest BCUT2D eigenvalue weighted by atomic mass is 10.3. The van der Waals surface area contributed by atoms with Crippen molar-refractivity contribution in [2.24, 2.45) is 0 Å². The van der Waals surface area contributed by atoms with Gasteiger partial charge in [0.15, 0.2) is 5.82 Å². The molecule has 0 radical (unpaired) electrons. The van der Waals surface area contributed by atoms with Crippen molar-refractivity contribution >= 4 is 5.91 Å². The van der Waals surface area contributed by atoms with Crippen LogP contribution in [0.1, 0.15) is 5.69 Å². The van der Waals surface area contributed by atoms with Gasteiger partial charge in [-0.1, -0.05) is 6.07 Å². The number of hydrogen-bond donors (Lipinski definition) is 1. The summed E-state index contributed by atoms with van der Waals surface area (Å²) in [4.78, 5) is 27.9. The summed E-state index contributed by atoms with van der Waals surface area (Å²) in [5.41, 5.74) is 0.389. The fourth-order valence-corrected chi connectivity index (χ4v) is 1.96. The maximum Gasteiger partial charge on any atom is 0.267 e. The maximum atomic E-state index is 12.0. The highest BCUT2D eigenvalue weighted by molar-refractivity contribution is 5.75. The largest absolute Gasteiger partial charge is 0.349 e. The van der Waals surface area contributed by atoms with E-state index in [0.717, 1.165) is 10.4 Å². The molecule has 0 aliphatic rings. The van der Waals surface area contributed by atoms with Crippen LogP contribution in [-0.4, -0.2) is 30.5 Å². The van der Waals surface area contributed by atoms with E-state index in [1.54, 1.807) is 36.8 Å². The number of rotatable bonds is 5. The molecule has 0 saturated carbocycles. The molecule has 0 spiro atoms. The summed E-state index contributed by atoms with van der Waals surface area (Å²) >= 11 is 0. The number of nitrogens with zero attached hydrogens (tertiary/aromatic N) is 5. The summed E-state index contributed by atoms with van der Waals surface area (Å²) < 4.78 is 2.62. The molecule has 1 amide bonds. The van der Waals surface area contributed by atoms with Crippen molar-refractivity contribution in [3.8, 4) is 5.82 Å². The standard InChI is InChI=1S/C15H14N6O2/c22-14(17-10-12-4-1-2-7-16-12)11-21-15(23)6-5-13(19-21)20-9-3-8-18-20/h1-9H,10-11H2,(H,17,22). The Labute approximate surface area is 131 Å². The van der Waals surface area contributed by atoms with Gasteiger partial charge in [0.25, 0.3) is 5.56 Å². The Kier molecular flexibility index (Phi) is 4.23. The highest BCUT2D eigenvalue weighted by Gasteiger charge is 2.08. The molecule has 0 bridgehead atoms. The minimum Gasteiger partial charge on any atom is -0.349 e. The first kappa shape index (κ1) is 14.6. The summed E-state index contributed by atoms with van der Waals surface area (Å²) in [5, 5.41) is 10.9. The van der Waals surface area contributed by atoms with Crippen molar-refractivity contribution in [2.45, 2.75) is 13.1 Å². The Hall–Kier alpha value is -3.29. The van der Waals surface area contributed by atoms with Gasteiger partial charge in [-0.15, -0.1) is 5.10 Å². The lowest BCUT2D eigenvalue weighted by molar-refractivity contribution is -0.122. The summed E-state index contributed by atoms with van der Waals surface area (Å²) in [6.45, 7) is 0.133. The van der Waals surface area contributed by atoms with Crippen molar-refractivity contribution in [1.82, 2.24) is 29.9 Å². The Bertz CT molecular complexity index is 842. The average molecular weight is 310 g/mol. The van der Waals surface area contributed by atoms with E-state index in [-0.39, 0.29) is 18.0 Å². The molecule has 0 unspecified atom stereocenters.